The summed E-state index contributed by atoms with van der Waals surface area (Å²) >= 11 is 0. The number of aliphatic hydroxyl groups excluding tert-OH is 1. The molecule has 0 aliphatic heterocycles. The summed E-state index contributed by atoms with van der Waals surface area (Å²) in [6, 6.07) is 17.6. The van der Waals surface area contributed by atoms with Crippen LogP contribution in [0.4, 0.5) is 0 Å². The van der Waals surface area contributed by atoms with Crippen molar-refractivity contribution in [2.45, 2.75) is 18.3 Å². The van der Waals surface area contributed by atoms with Crippen LogP contribution < -0.4 is 0 Å². The predicted octanol–water partition coefficient (Wildman–Crippen LogP) is 2.66. The molecule has 0 aliphatic carbocycles. The maximum atomic E-state index is 9.74. The first-order chi connectivity index (χ1) is 9.33. The average molecular weight is 252 g/mol. The highest BCUT2D eigenvalue weighted by Gasteiger charge is 2.35. The Morgan fingerprint density at radius 2 is 1.84 bits per heavy atom. The highest BCUT2D eigenvalue weighted by atomic mass is 16.2. The fourth-order valence-electron chi connectivity index (χ4n) is 2.28. The van der Waals surface area contributed by atoms with Gasteiger partial charge in [-0.05, 0) is 30.5 Å². The summed E-state index contributed by atoms with van der Waals surface area (Å²) in [4.78, 5) is 4.35. The van der Waals surface area contributed by atoms with Crippen molar-refractivity contribution in [3.8, 4) is 6.07 Å². The van der Waals surface area contributed by atoms with Gasteiger partial charge in [0.2, 0.25) is 0 Å². The van der Waals surface area contributed by atoms with Gasteiger partial charge in [-0.3, -0.25) is 4.98 Å². The molecule has 19 heavy (non-hydrogen) atoms. The summed E-state index contributed by atoms with van der Waals surface area (Å²) in [5, 5.41) is 18.8. The summed E-state index contributed by atoms with van der Waals surface area (Å²) in [5.74, 6) is 0. The molecule has 0 aliphatic rings. The van der Waals surface area contributed by atoms with Crippen LogP contribution in [0.2, 0.25) is 0 Å². The van der Waals surface area contributed by atoms with Crippen molar-refractivity contribution in [3.05, 3.63) is 66.0 Å². The number of rotatable bonds is 5. The van der Waals surface area contributed by atoms with Crippen molar-refractivity contribution >= 4 is 0 Å². The van der Waals surface area contributed by atoms with E-state index in [-0.39, 0.29) is 6.61 Å². The van der Waals surface area contributed by atoms with Gasteiger partial charge in [-0.25, -0.2) is 0 Å². The van der Waals surface area contributed by atoms with Gasteiger partial charge in [-0.15, -0.1) is 0 Å². The first kappa shape index (κ1) is 13.3. The summed E-state index contributed by atoms with van der Waals surface area (Å²) in [6.07, 6.45) is 2.82. The van der Waals surface area contributed by atoms with Gasteiger partial charge < -0.3 is 5.11 Å². The average Bonchev–Trinajstić information content (AvgIpc) is 2.51. The summed E-state index contributed by atoms with van der Waals surface area (Å²) < 4.78 is 0. The highest BCUT2D eigenvalue weighted by Crippen LogP contribution is 2.34. The van der Waals surface area contributed by atoms with Gasteiger partial charge >= 0.3 is 0 Å². The number of hydrogen-bond donors (Lipinski definition) is 1. The van der Waals surface area contributed by atoms with Gasteiger partial charge in [0.25, 0.3) is 0 Å². The fraction of sp³-hybridized carbons (Fsp3) is 0.250. The number of benzene rings is 1. The zero-order valence-electron chi connectivity index (χ0n) is 10.7. The third-order valence-electron chi connectivity index (χ3n) is 3.27. The number of aromatic nitrogens is 1. The van der Waals surface area contributed by atoms with Gasteiger partial charge in [-0.2, -0.15) is 5.26 Å². The fourth-order valence-corrected chi connectivity index (χ4v) is 2.28. The Balaban J connectivity index is 2.53. The minimum absolute atomic E-state index is 0.0725. The van der Waals surface area contributed by atoms with Crippen LogP contribution in [0, 0.1) is 11.3 Å². The lowest BCUT2D eigenvalue weighted by Gasteiger charge is -2.26. The van der Waals surface area contributed by atoms with E-state index in [0.29, 0.717) is 12.8 Å². The molecule has 0 spiro atoms. The second-order valence-electron chi connectivity index (χ2n) is 4.43. The third-order valence-corrected chi connectivity index (χ3v) is 3.27. The van der Waals surface area contributed by atoms with Crippen LogP contribution >= 0.6 is 0 Å². The molecule has 96 valence electrons. The number of nitriles is 1. The molecule has 0 amide bonds. The second-order valence-corrected chi connectivity index (χ2v) is 4.43. The van der Waals surface area contributed by atoms with Gasteiger partial charge in [-0.1, -0.05) is 36.4 Å². The quantitative estimate of drug-likeness (QED) is 0.890. The molecule has 3 nitrogen and oxygen atoms in total. The van der Waals surface area contributed by atoms with Crippen molar-refractivity contribution in [3.63, 3.8) is 0 Å². The zero-order valence-corrected chi connectivity index (χ0v) is 10.7. The summed E-state index contributed by atoms with van der Waals surface area (Å²) in [7, 11) is 0. The molecule has 1 unspecified atom stereocenters. The van der Waals surface area contributed by atoms with Gasteiger partial charge in [0.1, 0.15) is 5.41 Å². The molecule has 1 atom stereocenters. The van der Waals surface area contributed by atoms with E-state index in [2.05, 4.69) is 11.1 Å². The largest absolute Gasteiger partial charge is 0.396 e. The normalized spacial score (nSPS) is 13.5. The van der Waals surface area contributed by atoms with E-state index in [1.54, 1.807) is 6.20 Å². The van der Waals surface area contributed by atoms with Crippen LogP contribution in [0.25, 0.3) is 0 Å². The molecule has 2 aromatic rings. The Hall–Kier alpha value is -2.18. The second kappa shape index (κ2) is 6.12. The molecule has 1 aromatic heterocycles. The molecular formula is C16H16N2O. The third kappa shape index (κ3) is 2.64. The molecule has 1 N–H and O–H groups in total. The molecule has 3 heteroatoms. The SMILES string of the molecule is N#CC(CCCO)(c1ccccc1)c1ccccn1. The summed E-state index contributed by atoms with van der Waals surface area (Å²) in [5.41, 5.74) is 0.868. The van der Waals surface area contributed by atoms with E-state index < -0.39 is 5.41 Å². The lowest BCUT2D eigenvalue weighted by Crippen LogP contribution is -2.27. The van der Waals surface area contributed by atoms with Gasteiger partial charge in [0.05, 0.1) is 11.8 Å². The number of aliphatic hydroxyl groups is 1. The van der Waals surface area contributed by atoms with E-state index in [1.807, 2.05) is 48.5 Å². The molecule has 1 aromatic carbocycles. The number of nitrogens with zero attached hydrogens (tertiary/aromatic N) is 2. The van der Waals surface area contributed by atoms with E-state index in [4.69, 9.17) is 5.11 Å². The molecular weight excluding hydrogens is 236 g/mol. The Morgan fingerprint density at radius 1 is 1.11 bits per heavy atom. The first-order valence-corrected chi connectivity index (χ1v) is 6.32. The maximum absolute atomic E-state index is 9.74. The Kier molecular flexibility index (Phi) is 4.27. The van der Waals surface area contributed by atoms with Crippen LogP contribution in [0.3, 0.4) is 0 Å². The molecule has 1 heterocycles. The standard InChI is InChI=1S/C16H16N2O/c17-13-16(10-6-12-19,14-7-2-1-3-8-14)15-9-4-5-11-18-15/h1-5,7-9,11,19H,6,10,12H2. The lowest BCUT2D eigenvalue weighted by molar-refractivity contribution is 0.276. The molecule has 0 bridgehead atoms. The Bertz CT molecular complexity index is 506. The van der Waals surface area contributed by atoms with E-state index >= 15 is 0 Å². The van der Waals surface area contributed by atoms with Crippen LogP contribution in [0.1, 0.15) is 24.1 Å². The number of hydrogen-bond acceptors (Lipinski definition) is 3. The highest BCUT2D eigenvalue weighted by molar-refractivity contribution is 5.42. The molecule has 0 saturated heterocycles. The smallest absolute Gasteiger partial charge is 0.124 e. The number of pyridine rings is 1. The van der Waals surface area contributed by atoms with Gasteiger partial charge in [0.15, 0.2) is 0 Å². The molecule has 2 rings (SSSR count). The van der Waals surface area contributed by atoms with Crippen LogP contribution in [-0.2, 0) is 5.41 Å². The van der Waals surface area contributed by atoms with E-state index in [1.165, 1.54) is 0 Å². The molecule has 0 saturated carbocycles. The monoisotopic (exact) mass is 252 g/mol. The zero-order chi connectivity index (χ0) is 13.6. The lowest BCUT2D eigenvalue weighted by atomic mass is 9.75. The van der Waals surface area contributed by atoms with Gasteiger partial charge in [0, 0.05) is 12.8 Å². The minimum Gasteiger partial charge on any atom is -0.396 e. The van der Waals surface area contributed by atoms with Crippen molar-refractivity contribution in [1.82, 2.24) is 4.98 Å². The Labute approximate surface area is 113 Å². The van der Waals surface area contributed by atoms with E-state index in [0.717, 1.165) is 11.3 Å². The molecule has 0 fully saturated rings. The molecule has 0 radical (unpaired) electrons. The van der Waals surface area contributed by atoms with Crippen LogP contribution in [-0.4, -0.2) is 16.7 Å². The van der Waals surface area contributed by atoms with Crippen molar-refractivity contribution < 1.29 is 5.11 Å². The first-order valence-electron chi connectivity index (χ1n) is 6.32. The van der Waals surface area contributed by atoms with Crippen LogP contribution in [0.5, 0.6) is 0 Å². The summed E-state index contributed by atoms with van der Waals surface area (Å²) in [6.45, 7) is 0.0725. The van der Waals surface area contributed by atoms with Crippen molar-refractivity contribution in [2.24, 2.45) is 0 Å². The predicted molar refractivity (Wildman–Crippen MR) is 73.4 cm³/mol. The van der Waals surface area contributed by atoms with Crippen molar-refractivity contribution in [2.75, 3.05) is 6.61 Å². The minimum atomic E-state index is -0.786. The topological polar surface area (TPSA) is 56.9 Å². The van der Waals surface area contributed by atoms with E-state index in [9.17, 15) is 5.26 Å². The Morgan fingerprint density at radius 3 is 2.42 bits per heavy atom. The maximum Gasteiger partial charge on any atom is 0.124 e. The van der Waals surface area contributed by atoms with Crippen molar-refractivity contribution in [1.29, 1.82) is 5.26 Å². The van der Waals surface area contributed by atoms with Crippen LogP contribution in [0.15, 0.2) is 54.7 Å².